The van der Waals surface area contributed by atoms with Crippen LogP contribution in [0.25, 0.3) is 0 Å². The zero-order chi connectivity index (χ0) is 9.78. The fraction of sp³-hybridized carbons (Fsp3) is 0.625. The number of hydrogen-bond donors (Lipinski definition) is 1. The van der Waals surface area contributed by atoms with E-state index in [1.54, 1.807) is 13.8 Å². The van der Waals surface area contributed by atoms with Crippen LogP contribution in [0.2, 0.25) is 0 Å². The molecule has 0 aliphatic heterocycles. The summed E-state index contributed by atoms with van der Waals surface area (Å²) in [5.74, 6) is -0.448. The number of esters is 1. The molecule has 0 saturated heterocycles. The van der Waals surface area contributed by atoms with E-state index in [0.717, 1.165) is 5.57 Å². The Balaban J connectivity index is 4.14. The number of rotatable bonds is 3. The molecule has 0 saturated carbocycles. The Hall–Kier alpha value is -0.480. The number of allylic oxidation sites excluding steroid dienone is 1. The summed E-state index contributed by atoms with van der Waals surface area (Å²) in [6.45, 7) is 6.84. The molecule has 12 heavy (non-hydrogen) atoms. The van der Waals surface area contributed by atoms with Gasteiger partial charge in [0.1, 0.15) is 4.75 Å². The van der Waals surface area contributed by atoms with Crippen LogP contribution in [0, 0.1) is 0 Å². The van der Waals surface area contributed by atoms with Crippen LogP contribution < -0.4 is 0 Å². The van der Waals surface area contributed by atoms with Gasteiger partial charge in [-0.05, 0) is 33.3 Å². The van der Waals surface area contributed by atoms with E-state index in [-0.39, 0.29) is 0 Å². The van der Waals surface area contributed by atoms with Gasteiger partial charge in [-0.2, -0.15) is 0 Å². The highest BCUT2D eigenvalue weighted by molar-refractivity contribution is 7.95. The number of ether oxygens (including phenoxy) is 1. The summed E-state index contributed by atoms with van der Waals surface area (Å²) in [7, 11) is 0. The van der Waals surface area contributed by atoms with Crippen LogP contribution in [-0.2, 0) is 9.53 Å². The summed E-state index contributed by atoms with van der Waals surface area (Å²) in [6.07, 6.45) is 1.38. The van der Waals surface area contributed by atoms with Crippen molar-refractivity contribution in [1.82, 2.24) is 0 Å². The van der Waals surface area contributed by atoms with Crippen LogP contribution in [0.1, 0.15) is 27.7 Å². The molecule has 0 aliphatic carbocycles. The van der Waals surface area contributed by atoms with Gasteiger partial charge in [-0.15, -0.1) is 0 Å². The third-order valence-corrected chi connectivity index (χ3v) is 1.74. The summed E-state index contributed by atoms with van der Waals surface area (Å²) in [4.78, 5) is 11.2. The van der Waals surface area contributed by atoms with E-state index in [9.17, 15) is 4.79 Å². The number of hydrogen-bond acceptors (Lipinski definition) is 4. The molecule has 0 atom stereocenters. The first-order valence-electron chi connectivity index (χ1n) is 3.57. The molecule has 0 radical (unpaired) electrons. The van der Waals surface area contributed by atoms with E-state index in [4.69, 9.17) is 9.29 Å². The molecule has 0 bridgehead atoms. The predicted octanol–water partition coefficient (Wildman–Crippen LogP) is 2.44. The Morgan fingerprint density at radius 2 is 2.00 bits per heavy atom. The van der Waals surface area contributed by atoms with Crippen LogP contribution in [0.3, 0.4) is 0 Å². The third-order valence-electron chi connectivity index (χ3n) is 1.12. The first-order chi connectivity index (χ1) is 5.40. The topological polar surface area (TPSA) is 46.5 Å². The van der Waals surface area contributed by atoms with Crippen molar-refractivity contribution < 1.29 is 14.1 Å². The molecule has 0 fully saturated rings. The maximum atomic E-state index is 11.2. The molecule has 0 unspecified atom stereocenters. The van der Waals surface area contributed by atoms with E-state index in [1.807, 2.05) is 13.8 Å². The van der Waals surface area contributed by atoms with Gasteiger partial charge in [0.2, 0.25) is 0 Å². The van der Waals surface area contributed by atoms with Crippen molar-refractivity contribution in [3.8, 4) is 0 Å². The van der Waals surface area contributed by atoms with E-state index in [2.05, 4.69) is 0 Å². The average molecular weight is 190 g/mol. The molecule has 3 nitrogen and oxygen atoms in total. The van der Waals surface area contributed by atoms with Crippen LogP contribution in [0.4, 0.5) is 0 Å². The van der Waals surface area contributed by atoms with E-state index in [0.29, 0.717) is 12.0 Å². The lowest BCUT2D eigenvalue weighted by Gasteiger charge is -2.16. The largest absolute Gasteiger partial charge is 0.433 e. The molecule has 0 aromatic rings. The molecule has 0 heterocycles. The monoisotopic (exact) mass is 190 g/mol. The zero-order valence-electron chi connectivity index (χ0n) is 7.75. The van der Waals surface area contributed by atoms with Gasteiger partial charge in [0.05, 0.1) is 6.26 Å². The quantitative estimate of drug-likeness (QED) is 0.422. The fourth-order valence-electron chi connectivity index (χ4n) is 0.351. The minimum Gasteiger partial charge on any atom is -0.433 e. The predicted molar refractivity (Wildman–Crippen MR) is 49.8 cm³/mol. The fourth-order valence-corrected chi connectivity index (χ4v) is 0.473. The molecule has 70 valence electrons. The van der Waals surface area contributed by atoms with Crippen molar-refractivity contribution in [2.75, 3.05) is 0 Å². The first-order valence-corrected chi connectivity index (χ1v) is 4.34. The average Bonchev–Trinajstić information content (AvgIpc) is 2.00. The molecular weight excluding hydrogens is 176 g/mol. The summed E-state index contributed by atoms with van der Waals surface area (Å²) >= 11 is 0.483. The third kappa shape index (κ3) is 3.78. The van der Waals surface area contributed by atoms with Crippen molar-refractivity contribution in [3.63, 3.8) is 0 Å². The van der Waals surface area contributed by atoms with Crippen molar-refractivity contribution in [3.05, 3.63) is 11.8 Å². The molecule has 0 aromatic heterocycles. The molecule has 0 aromatic carbocycles. The van der Waals surface area contributed by atoms with Gasteiger partial charge in [0, 0.05) is 12.0 Å². The summed E-state index contributed by atoms with van der Waals surface area (Å²) < 4.78 is 12.6. The zero-order valence-corrected chi connectivity index (χ0v) is 8.57. The van der Waals surface area contributed by atoms with Crippen LogP contribution in [-0.4, -0.2) is 15.3 Å². The molecule has 0 amide bonds. The van der Waals surface area contributed by atoms with Crippen molar-refractivity contribution >= 4 is 18.0 Å². The van der Waals surface area contributed by atoms with Gasteiger partial charge in [-0.25, -0.2) is 0 Å². The number of carbonyl (C=O) groups excluding carboxylic acids is 1. The lowest BCUT2D eigenvalue weighted by atomic mass is 10.2. The van der Waals surface area contributed by atoms with E-state index >= 15 is 0 Å². The van der Waals surface area contributed by atoms with Gasteiger partial charge >= 0.3 is 5.97 Å². The lowest BCUT2D eigenvalue weighted by Crippen LogP contribution is -2.28. The van der Waals surface area contributed by atoms with Gasteiger partial charge in [-0.3, -0.25) is 4.79 Å². The Morgan fingerprint density at radius 1 is 1.50 bits per heavy atom. The van der Waals surface area contributed by atoms with Crippen LogP contribution in [0.5, 0.6) is 0 Å². The van der Waals surface area contributed by atoms with Crippen molar-refractivity contribution in [1.29, 1.82) is 0 Å². The SMILES string of the molecule is CC(C)=COC(=O)C(C)(C)SO. The minimum atomic E-state index is -0.897. The maximum Gasteiger partial charge on any atom is 0.328 e. The smallest absolute Gasteiger partial charge is 0.328 e. The van der Waals surface area contributed by atoms with Crippen molar-refractivity contribution in [2.24, 2.45) is 0 Å². The summed E-state index contributed by atoms with van der Waals surface area (Å²) in [5.41, 5.74) is 0.905. The van der Waals surface area contributed by atoms with Crippen LogP contribution in [0.15, 0.2) is 11.8 Å². The highest BCUT2D eigenvalue weighted by Gasteiger charge is 2.29. The van der Waals surface area contributed by atoms with Crippen molar-refractivity contribution in [2.45, 2.75) is 32.4 Å². The molecule has 0 rings (SSSR count). The summed E-state index contributed by atoms with van der Waals surface area (Å²) in [5, 5.41) is 0. The second-order valence-corrected chi connectivity index (χ2v) is 4.41. The first kappa shape index (κ1) is 11.5. The highest BCUT2D eigenvalue weighted by Crippen LogP contribution is 2.22. The second-order valence-electron chi connectivity index (χ2n) is 3.20. The van der Waals surface area contributed by atoms with Gasteiger partial charge in [-0.1, -0.05) is 0 Å². The Morgan fingerprint density at radius 3 is 2.33 bits per heavy atom. The molecular formula is C8H14O3S. The Kier molecular flexibility index (Phi) is 4.34. The van der Waals surface area contributed by atoms with Gasteiger partial charge in [0.25, 0.3) is 0 Å². The normalized spacial score (nSPS) is 10.8. The lowest BCUT2D eigenvalue weighted by molar-refractivity contribution is -0.140. The van der Waals surface area contributed by atoms with E-state index in [1.165, 1.54) is 6.26 Å². The maximum absolute atomic E-state index is 11.2. The van der Waals surface area contributed by atoms with Crippen LogP contribution >= 0.6 is 12.0 Å². The molecule has 1 N–H and O–H groups in total. The molecule has 4 heteroatoms. The Labute approximate surface area is 77.0 Å². The number of carbonyl (C=O) groups is 1. The molecule has 0 aliphatic rings. The second kappa shape index (κ2) is 4.52. The summed E-state index contributed by atoms with van der Waals surface area (Å²) in [6, 6.07) is 0. The standard InChI is InChI=1S/C8H14O3S/c1-6(2)5-11-7(9)8(3,4)12-10/h5,10H,1-4H3. The Bertz CT molecular complexity index is 192. The molecule has 0 spiro atoms. The van der Waals surface area contributed by atoms with E-state index < -0.39 is 10.7 Å². The van der Waals surface area contributed by atoms with Gasteiger partial charge in [0.15, 0.2) is 0 Å². The van der Waals surface area contributed by atoms with Gasteiger partial charge < -0.3 is 9.29 Å². The minimum absolute atomic E-state index is 0.448. The highest BCUT2D eigenvalue weighted by atomic mass is 32.2.